The lowest BCUT2D eigenvalue weighted by molar-refractivity contribution is 0.122. The highest BCUT2D eigenvalue weighted by Gasteiger charge is 2.17. The van der Waals surface area contributed by atoms with Crippen LogP contribution in [0.15, 0.2) is 61.1 Å². The molecule has 1 aliphatic heterocycles. The summed E-state index contributed by atoms with van der Waals surface area (Å²) in [5, 5.41) is 4.76. The van der Waals surface area contributed by atoms with E-state index in [-0.39, 0.29) is 11.9 Å². The first kappa shape index (κ1) is 21.6. The average Bonchev–Trinajstić information content (AvgIpc) is 2.86. The van der Waals surface area contributed by atoms with Gasteiger partial charge < -0.3 is 15.0 Å². The molecule has 0 saturated carbocycles. The molecule has 2 aromatic carbocycles. The van der Waals surface area contributed by atoms with E-state index in [0.29, 0.717) is 29.7 Å². The highest BCUT2D eigenvalue weighted by Crippen LogP contribution is 2.34. The van der Waals surface area contributed by atoms with Crippen molar-refractivity contribution in [1.29, 1.82) is 0 Å². The lowest BCUT2D eigenvalue weighted by atomic mass is 10.0. The molecule has 8 heteroatoms. The fraction of sp³-hybridized carbons (Fsp3) is 0.240. The number of nitrogens with zero attached hydrogens (tertiary/aromatic N) is 4. The zero-order chi connectivity index (χ0) is 22.8. The van der Waals surface area contributed by atoms with E-state index in [0.717, 1.165) is 40.8 Å². The van der Waals surface area contributed by atoms with E-state index in [2.05, 4.69) is 25.2 Å². The van der Waals surface area contributed by atoms with Crippen LogP contribution in [-0.2, 0) is 4.74 Å². The second-order valence-corrected chi connectivity index (χ2v) is 8.38. The van der Waals surface area contributed by atoms with E-state index in [1.807, 2.05) is 37.3 Å². The Hall–Kier alpha value is -3.29. The predicted octanol–water partition coefficient (Wildman–Crippen LogP) is 5.49. The molecule has 1 saturated heterocycles. The molecule has 0 unspecified atom stereocenters. The summed E-state index contributed by atoms with van der Waals surface area (Å²) in [5.41, 5.74) is 3.76. The molecule has 1 atom stereocenters. The maximum Gasteiger partial charge on any atom is 0.225 e. The van der Waals surface area contributed by atoms with Crippen molar-refractivity contribution in [2.24, 2.45) is 0 Å². The van der Waals surface area contributed by atoms with Gasteiger partial charge in [0, 0.05) is 48.2 Å². The van der Waals surface area contributed by atoms with E-state index in [1.54, 1.807) is 24.7 Å². The van der Waals surface area contributed by atoms with Gasteiger partial charge in [0.1, 0.15) is 5.82 Å². The van der Waals surface area contributed by atoms with Crippen molar-refractivity contribution in [2.75, 3.05) is 36.5 Å². The van der Waals surface area contributed by atoms with Gasteiger partial charge in [-0.25, -0.2) is 14.4 Å². The SMILES string of the molecule is C[C@@H](Nc1c(Cl)cnc2ccccc12)c1cc(-c2cnc(N3CCOCC3)nc2)ccc1F. The highest BCUT2D eigenvalue weighted by molar-refractivity contribution is 6.34. The van der Waals surface area contributed by atoms with Gasteiger partial charge in [0.25, 0.3) is 0 Å². The largest absolute Gasteiger partial charge is 0.378 e. The number of rotatable bonds is 5. The molecule has 1 aliphatic rings. The van der Waals surface area contributed by atoms with E-state index < -0.39 is 0 Å². The van der Waals surface area contributed by atoms with Crippen molar-refractivity contribution >= 4 is 34.1 Å². The molecular weight excluding hydrogens is 441 g/mol. The number of benzene rings is 2. The maximum atomic E-state index is 14.8. The van der Waals surface area contributed by atoms with Gasteiger partial charge in [0.15, 0.2) is 0 Å². The molecule has 0 aliphatic carbocycles. The van der Waals surface area contributed by atoms with Crippen molar-refractivity contribution in [3.8, 4) is 11.1 Å². The smallest absolute Gasteiger partial charge is 0.225 e. The number of hydrogen-bond donors (Lipinski definition) is 1. The Morgan fingerprint density at radius 3 is 2.55 bits per heavy atom. The number of hydrogen-bond acceptors (Lipinski definition) is 6. The Kier molecular flexibility index (Phi) is 6.07. The van der Waals surface area contributed by atoms with Gasteiger partial charge in [-0.1, -0.05) is 35.9 Å². The van der Waals surface area contributed by atoms with Crippen molar-refractivity contribution in [1.82, 2.24) is 15.0 Å². The standard InChI is InChI=1S/C25H23ClFN5O/c1-16(31-24-19-4-2-3-5-23(19)28-15-21(24)26)20-12-17(6-7-22(20)27)18-13-29-25(30-14-18)32-8-10-33-11-9-32/h2-7,12-16H,8-11H2,1H3,(H,28,31)/t16-/m1/s1. The molecule has 168 valence electrons. The maximum absolute atomic E-state index is 14.8. The summed E-state index contributed by atoms with van der Waals surface area (Å²) < 4.78 is 20.2. The van der Waals surface area contributed by atoms with Crippen LogP contribution < -0.4 is 10.2 Å². The summed E-state index contributed by atoms with van der Waals surface area (Å²) >= 11 is 6.43. The molecule has 5 rings (SSSR count). The van der Waals surface area contributed by atoms with Gasteiger partial charge >= 0.3 is 0 Å². The Labute approximate surface area is 196 Å². The molecule has 4 aromatic rings. The molecule has 3 heterocycles. The molecule has 0 radical (unpaired) electrons. The number of anilines is 2. The van der Waals surface area contributed by atoms with E-state index in [4.69, 9.17) is 16.3 Å². The fourth-order valence-electron chi connectivity index (χ4n) is 4.01. The predicted molar refractivity (Wildman–Crippen MR) is 129 cm³/mol. The first-order chi connectivity index (χ1) is 16.1. The number of ether oxygens (including phenoxy) is 1. The van der Waals surface area contributed by atoms with E-state index >= 15 is 0 Å². The minimum absolute atomic E-state index is 0.293. The number of nitrogens with one attached hydrogen (secondary N) is 1. The molecule has 0 amide bonds. The quantitative estimate of drug-likeness (QED) is 0.422. The molecule has 33 heavy (non-hydrogen) atoms. The summed E-state index contributed by atoms with van der Waals surface area (Å²) in [4.78, 5) is 15.5. The summed E-state index contributed by atoms with van der Waals surface area (Å²) in [6.07, 6.45) is 5.17. The zero-order valence-corrected chi connectivity index (χ0v) is 18.9. The van der Waals surface area contributed by atoms with Gasteiger partial charge in [0.05, 0.1) is 35.5 Å². The molecule has 1 fully saturated rings. The third-order valence-electron chi connectivity index (χ3n) is 5.82. The lowest BCUT2D eigenvalue weighted by Crippen LogP contribution is -2.37. The lowest BCUT2D eigenvalue weighted by Gasteiger charge is -2.26. The van der Waals surface area contributed by atoms with Crippen LogP contribution in [0.5, 0.6) is 0 Å². The minimum Gasteiger partial charge on any atom is -0.378 e. The van der Waals surface area contributed by atoms with Crippen LogP contribution in [0.4, 0.5) is 16.0 Å². The van der Waals surface area contributed by atoms with Crippen LogP contribution in [0.25, 0.3) is 22.0 Å². The Morgan fingerprint density at radius 1 is 1.00 bits per heavy atom. The highest BCUT2D eigenvalue weighted by atomic mass is 35.5. The molecule has 0 spiro atoms. The Morgan fingerprint density at radius 2 is 1.76 bits per heavy atom. The summed E-state index contributed by atoms with van der Waals surface area (Å²) in [7, 11) is 0. The second-order valence-electron chi connectivity index (χ2n) is 7.97. The third-order valence-corrected chi connectivity index (χ3v) is 6.10. The van der Waals surface area contributed by atoms with Crippen LogP contribution >= 0.6 is 11.6 Å². The van der Waals surface area contributed by atoms with Crippen molar-refractivity contribution < 1.29 is 9.13 Å². The normalized spacial score (nSPS) is 14.9. The summed E-state index contributed by atoms with van der Waals surface area (Å²) in [5.74, 6) is 0.387. The van der Waals surface area contributed by atoms with E-state index in [1.165, 1.54) is 6.07 Å². The van der Waals surface area contributed by atoms with Crippen LogP contribution in [-0.4, -0.2) is 41.3 Å². The monoisotopic (exact) mass is 463 g/mol. The van der Waals surface area contributed by atoms with Crippen LogP contribution in [0.1, 0.15) is 18.5 Å². The number of para-hydroxylation sites is 1. The average molecular weight is 464 g/mol. The van der Waals surface area contributed by atoms with E-state index in [9.17, 15) is 4.39 Å². The molecule has 2 aromatic heterocycles. The summed E-state index contributed by atoms with van der Waals surface area (Å²) in [6, 6.07) is 12.4. The first-order valence-electron chi connectivity index (χ1n) is 10.8. The minimum atomic E-state index is -0.332. The van der Waals surface area contributed by atoms with Crippen LogP contribution in [0.3, 0.4) is 0 Å². The number of fused-ring (bicyclic) bond motifs is 1. The number of halogens is 2. The second kappa shape index (κ2) is 9.29. The first-order valence-corrected chi connectivity index (χ1v) is 11.2. The molecule has 1 N–H and O–H groups in total. The zero-order valence-electron chi connectivity index (χ0n) is 18.1. The molecular formula is C25H23ClFN5O. The molecule has 6 nitrogen and oxygen atoms in total. The van der Waals surface area contributed by atoms with Gasteiger partial charge in [-0.3, -0.25) is 4.98 Å². The third kappa shape index (κ3) is 4.47. The number of aromatic nitrogens is 3. The summed E-state index contributed by atoms with van der Waals surface area (Å²) in [6.45, 7) is 4.80. The van der Waals surface area contributed by atoms with Gasteiger partial charge in [-0.15, -0.1) is 0 Å². The Balaban J connectivity index is 1.42. The topological polar surface area (TPSA) is 63.2 Å². The van der Waals surface area contributed by atoms with Crippen molar-refractivity contribution in [3.05, 3.63) is 77.5 Å². The Bertz CT molecular complexity index is 1280. The number of morpholine rings is 1. The van der Waals surface area contributed by atoms with Gasteiger partial charge in [0.2, 0.25) is 5.95 Å². The van der Waals surface area contributed by atoms with Crippen LogP contribution in [0, 0.1) is 5.82 Å². The van der Waals surface area contributed by atoms with Gasteiger partial charge in [-0.2, -0.15) is 0 Å². The van der Waals surface area contributed by atoms with Crippen molar-refractivity contribution in [3.63, 3.8) is 0 Å². The molecule has 0 bridgehead atoms. The number of pyridine rings is 1. The van der Waals surface area contributed by atoms with Crippen LogP contribution in [0.2, 0.25) is 5.02 Å². The van der Waals surface area contributed by atoms with Crippen molar-refractivity contribution in [2.45, 2.75) is 13.0 Å². The van der Waals surface area contributed by atoms with Gasteiger partial charge in [-0.05, 0) is 30.7 Å². The fourth-order valence-corrected chi connectivity index (χ4v) is 4.22.